The van der Waals surface area contributed by atoms with E-state index in [9.17, 15) is 20.4 Å². The first-order valence-electron chi connectivity index (χ1n) is 20.5. The minimum absolute atomic E-state index is 0.0311. The molecule has 6 heterocycles. The summed E-state index contributed by atoms with van der Waals surface area (Å²) in [6.45, 7) is 21.2. The van der Waals surface area contributed by atoms with E-state index in [0.29, 0.717) is 19.3 Å². The second kappa shape index (κ2) is 15.7. The molecule has 0 amide bonds. The summed E-state index contributed by atoms with van der Waals surface area (Å²) in [5, 5.41) is 47.6. The Bertz CT molecular complexity index is 1240. The summed E-state index contributed by atoms with van der Waals surface area (Å²) in [6.07, 6.45) is -2.44. The van der Waals surface area contributed by atoms with E-state index in [1.165, 1.54) is 6.42 Å². The number of ether oxygens (including phenoxy) is 8. The van der Waals surface area contributed by atoms with Gasteiger partial charge in [-0.15, -0.1) is 0 Å². The van der Waals surface area contributed by atoms with Gasteiger partial charge in [0, 0.05) is 31.4 Å². The second-order valence-corrected chi connectivity index (χ2v) is 18.3. The Morgan fingerprint density at radius 2 is 1.51 bits per heavy atom. The minimum Gasteiger partial charge on any atom is -0.387 e. The van der Waals surface area contributed by atoms with E-state index in [4.69, 9.17) is 37.9 Å². The van der Waals surface area contributed by atoms with Gasteiger partial charge in [0.25, 0.3) is 5.97 Å². The Morgan fingerprint density at radius 3 is 2.15 bits per heavy atom. The Kier molecular flexibility index (Phi) is 12.5. The molecular formula is C40H71NO12. The Morgan fingerprint density at radius 1 is 0.830 bits per heavy atom. The van der Waals surface area contributed by atoms with Gasteiger partial charge in [-0.1, -0.05) is 41.0 Å². The monoisotopic (exact) mass is 757 g/mol. The zero-order valence-corrected chi connectivity index (χ0v) is 34.1. The molecule has 13 nitrogen and oxygen atoms in total. The summed E-state index contributed by atoms with van der Waals surface area (Å²) >= 11 is 0. The molecule has 4 bridgehead atoms. The van der Waals surface area contributed by atoms with Crippen LogP contribution < -0.4 is 0 Å². The molecule has 0 saturated carbocycles. The molecule has 6 rings (SSSR count). The minimum atomic E-state index is -2.17. The lowest BCUT2D eigenvalue weighted by molar-refractivity contribution is -0.481. The van der Waals surface area contributed by atoms with Crippen molar-refractivity contribution in [2.45, 2.75) is 211 Å². The van der Waals surface area contributed by atoms with Gasteiger partial charge in [-0.3, -0.25) is 4.90 Å². The molecule has 308 valence electrons. The van der Waals surface area contributed by atoms with E-state index < -0.39 is 89.9 Å². The van der Waals surface area contributed by atoms with Crippen molar-refractivity contribution in [1.29, 1.82) is 0 Å². The average molecular weight is 758 g/mol. The number of aliphatic hydroxyl groups excluding tert-OH is 2. The summed E-state index contributed by atoms with van der Waals surface area (Å²) in [5.41, 5.74) is -3.28. The number of aliphatic hydroxyl groups is 4. The maximum atomic E-state index is 12.6. The predicted molar refractivity (Wildman–Crippen MR) is 194 cm³/mol. The zero-order chi connectivity index (χ0) is 38.8. The number of likely N-dealkylation sites (tertiary alicyclic amines) is 1. The van der Waals surface area contributed by atoms with Gasteiger partial charge in [0.15, 0.2) is 12.6 Å². The molecule has 4 N–H and O–H groups in total. The van der Waals surface area contributed by atoms with Crippen LogP contribution in [0, 0.1) is 23.7 Å². The van der Waals surface area contributed by atoms with Crippen LogP contribution in [-0.2, 0) is 37.9 Å². The Labute approximate surface area is 317 Å². The van der Waals surface area contributed by atoms with Gasteiger partial charge in [-0.2, -0.15) is 0 Å². The first-order valence-corrected chi connectivity index (χ1v) is 20.5. The third-order valence-corrected chi connectivity index (χ3v) is 14.1. The normalized spacial score (nSPS) is 55.8. The molecule has 0 aromatic carbocycles. The van der Waals surface area contributed by atoms with Crippen LogP contribution in [0.3, 0.4) is 0 Å². The number of methoxy groups -OCH3 is 1. The van der Waals surface area contributed by atoms with Crippen molar-refractivity contribution in [2.75, 3.05) is 20.2 Å². The third kappa shape index (κ3) is 7.76. The fraction of sp³-hybridized carbons (Fsp3) is 1.00. The standard InChI is InChI=1S/C40H71NO12/c1-12-28-39(10,44)35-23(4)31-21(2)19-38(9,52-31)34(50-36-30(42)27(18-22(3)47-36)41-16-14-13-15-17-41)24(5)32(25(6)40(45,51-28)53-35)49-29-20-37(8,46-11)33(43)26(7)48-29/h21-36,42-45H,12-20H2,1-11H3/t21-,22?,23-,24-,25+,26?,27?,28+,29-,30?,31?,32-,33-,34+,35+,36-,37?,38+,39+,40-/m0/s1. The van der Waals surface area contributed by atoms with Crippen LogP contribution in [0.4, 0.5) is 0 Å². The van der Waals surface area contributed by atoms with E-state index in [0.717, 1.165) is 25.9 Å². The lowest BCUT2D eigenvalue weighted by atomic mass is 9.74. The number of nitrogens with zero attached hydrogens (tertiary/aromatic N) is 1. The van der Waals surface area contributed by atoms with Gasteiger partial charge >= 0.3 is 0 Å². The Hall–Kier alpha value is -0.520. The average Bonchev–Trinajstić information content (AvgIpc) is 3.43. The summed E-state index contributed by atoms with van der Waals surface area (Å²) < 4.78 is 52.8. The quantitative estimate of drug-likeness (QED) is 0.298. The fourth-order valence-corrected chi connectivity index (χ4v) is 11.0. The Balaban J connectivity index is 1.42. The molecule has 0 aromatic heterocycles. The van der Waals surface area contributed by atoms with Crippen molar-refractivity contribution < 1.29 is 58.3 Å². The van der Waals surface area contributed by atoms with Crippen molar-refractivity contribution in [3.63, 3.8) is 0 Å². The van der Waals surface area contributed by atoms with Gasteiger partial charge in [0.1, 0.15) is 17.8 Å². The molecule has 0 radical (unpaired) electrons. The number of hydrogen-bond donors (Lipinski definition) is 4. The predicted octanol–water partition coefficient (Wildman–Crippen LogP) is 3.70. The lowest BCUT2D eigenvalue weighted by Gasteiger charge is -2.55. The topological polar surface area (TPSA) is 158 Å². The molecule has 0 spiro atoms. The second-order valence-electron chi connectivity index (χ2n) is 18.3. The van der Waals surface area contributed by atoms with Gasteiger partial charge in [0.2, 0.25) is 0 Å². The molecule has 13 heteroatoms. The highest BCUT2D eigenvalue weighted by atomic mass is 16.8. The number of hydrogen-bond acceptors (Lipinski definition) is 13. The molecule has 6 aliphatic heterocycles. The van der Waals surface area contributed by atoms with Crippen LogP contribution in [-0.4, -0.2) is 142 Å². The van der Waals surface area contributed by atoms with Gasteiger partial charge in [-0.25, -0.2) is 0 Å². The van der Waals surface area contributed by atoms with Gasteiger partial charge < -0.3 is 58.3 Å². The van der Waals surface area contributed by atoms with Crippen molar-refractivity contribution in [1.82, 2.24) is 4.90 Å². The van der Waals surface area contributed by atoms with E-state index in [2.05, 4.69) is 18.7 Å². The lowest BCUT2D eigenvalue weighted by Crippen LogP contribution is -2.69. The van der Waals surface area contributed by atoms with Crippen LogP contribution in [0.1, 0.15) is 114 Å². The molecule has 0 aliphatic carbocycles. The molecule has 53 heavy (non-hydrogen) atoms. The molecule has 6 fully saturated rings. The van der Waals surface area contributed by atoms with Crippen LogP contribution in [0.25, 0.3) is 0 Å². The highest BCUT2D eigenvalue weighted by Gasteiger charge is 2.64. The smallest absolute Gasteiger partial charge is 0.286 e. The molecular weight excluding hydrogens is 686 g/mol. The number of rotatable bonds is 7. The highest BCUT2D eigenvalue weighted by molar-refractivity contribution is 5.07. The van der Waals surface area contributed by atoms with E-state index >= 15 is 0 Å². The largest absolute Gasteiger partial charge is 0.387 e. The molecule has 6 saturated heterocycles. The summed E-state index contributed by atoms with van der Waals surface area (Å²) in [6, 6.07) is -0.109. The molecule has 6 aliphatic rings. The van der Waals surface area contributed by atoms with E-state index in [-0.39, 0.29) is 36.5 Å². The van der Waals surface area contributed by atoms with Crippen LogP contribution in [0.5, 0.6) is 0 Å². The van der Waals surface area contributed by atoms with Crippen molar-refractivity contribution in [3.05, 3.63) is 0 Å². The molecule has 0 aromatic rings. The van der Waals surface area contributed by atoms with Crippen molar-refractivity contribution in [2.24, 2.45) is 23.7 Å². The number of fused-ring (bicyclic) bond motifs is 4. The third-order valence-electron chi connectivity index (χ3n) is 14.1. The van der Waals surface area contributed by atoms with Crippen LogP contribution in [0.15, 0.2) is 0 Å². The van der Waals surface area contributed by atoms with Crippen molar-refractivity contribution >= 4 is 0 Å². The van der Waals surface area contributed by atoms with E-state index in [1.54, 1.807) is 21.0 Å². The maximum Gasteiger partial charge on any atom is 0.286 e. The fourth-order valence-electron chi connectivity index (χ4n) is 11.0. The van der Waals surface area contributed by atoms with Crippen LogP contribution >= 0.6 is 0 Å². The van der Waals surface area contributed by atoms with Gasteiger partial charge in [0.05, 0.1) is 59.8 Å². The van der Waals surface area contributed by atoms with Gasteiger partial charge in [-0.05, 0) is 85.7 Å². The summed E-state index contributed by atoms with van der Waals surface area (Å²) in [5.74, 6) is -3.86. The maximum absolute atomic E-state index is 12.6. The SMILES string of the molecule is CC[C@H]1O[C@]2(O)O[C@H]([C@@H](C)C3O[C@](C)(C[C@@H]3C)[C@H](O[C@@H]3OC(C)CC(N4CCCCC4)C3O)[C@@H](C)[C@H](O[C@H]3CC(C)(OC)[C@@H](O)C(C)O3)[C@H]2C)[C@]1(C)O. The first-order chi connectivity index (χ1) is 24.8. The first kappa shape index (κ1) is 42.1. The van der Waals surface area contributed by atoms with E-state index in [1.807, 2.05) is 41.5 Å². The highest BCUT2D eigenvalue weighted by Crippen LogP contribution is 2.52. The summed E-state index contributed by atoms with van der Waals surface area (Å²) in [4.78, 5) is 2.38. The number of piperidine rings is 1. The molecule has 6 unspecified atom stereocenters. The summed E-state index contributed by atoms with van der Waals surface area (Å²) in [7, 11) is 1.56. The zero-order valence-electron chi connectivity index (χ0n) is 34.1. The molecule has 20 atom stereocenters. The van der Waals surface area contributed by atoms with Crippen molar-refractivity contribution in [3.8, 4) is 0 Å². The van der Waals surface area contributed by atoms with Crippen LogP contribution in [0.2, 0.25) is 0 Å².